The Labute approximate surface area is 69.6 Å². The molecule has 0 fully saturated rings. The van der Waals surface area contributed by atoms with Crippen LogP contribution in [-0.2, 0) is 0 Å². The summed E-state index contributed by atoms with van der Waals surface area (Å²) < 4.78 is 0. The summed E-state index contributed by atoms with van der Waals surface area (Å²) in [6.07, 6.45) is 0. The smallest absolute Gasteiger partial charge is 0 e. The quantitative estimate of drug-likeness (QED) is 0.388. The van der Waals surface area contributed by atoms with Crippen LogP contribution in [-0.4, -0.2) is 65.5 Å². The second-order valence-electron chi connectivity index (χ2n) is 0.500. The van der Waals surface area contributed by atoms with Gasteiger partial charge in [-0.2, -0.15) is 0 Å². The fourth-order valence-electron chi connectivity index (χ4n) is 0. The van der Waals surface area contributed by atoms with Crippen LogP contribution in [0.3, 0.4) is 0 Å². The van der Waals surface area contributed by atoms with Gasteiger partial charge in [0.05, 0.1) is 0 Å². The minimum Gasteiger partial charge on any atom is -0.323 e. The van der Waals surface area contributed by atoms with Crippen molar-refractivity contribution in [1.82, 2.24) is 5.32 Å². The van der Waals surface area contributed by atoms with Crippen LogP contribution in [0.25, 0.3) is 0 Å². The van der Waals surface area contributed by atoms with Crippen molar-refractivity contribution in [3.63, 3.8) is 0 Å². The molecule has 0 aromatic carbocycles. The Hall–Kier alpha value is 1.60. The molecule has 1 N–H and O–H groups in total. The topological polar surface area (TPSA) is 12.0 Å². The van der Waals surface area contributed by atoms with Crippen molar-refractivity contribution in [3.8, 4) is 0 Å². The SMILES string of the molecule is CNC.[K]. The number of nitrogens with one attached hydrogen (secondary N) is 1. The molecule has 0 bridgehead atoms. The summed E-state index contributed by atoms with van der Waals surface area (Å²) in [7, 11) is 3.75. The molecule has 0 saturated heterocycles. The largest absolute Gasteiger partial charge is 0.323 e. The second-order valence-corrected chi connectivity index (χ2v) is 0.500. The Morgan fingerprint density at radius 3 is 1.25 bits per heavy atom. The maximum Gasteiger partial charge on any atom is 0 e. The fraction of sp³-hybridized carbons (Fsp3) is 1.00. The van der Waals surface area contributed by atoms with E-state index in [0.717, 1.165) is 0 Å². The zero-order valence-electron chi connectivity index (χ0n) is 3.50. The Balaban J connectivity index is 0. The normalized spacial score (nSPS) is 4.50. The first kappa shape index (κ1) is 9.14. The molecule has 0 heterocycles. The molecule has 0 aromatic rings. The molecule has 0 amide bonds. The summed E-state index contributed by atoms with van der Waals surface area (Å²) in [5, 5.41) is 2.75. The van der Waals surface area contributed by atoms with Crippen molar-refractivity contribution in [2.75, 3.05) is 14.1 Å². The van der Waals surface area contributed by atoms with Gasteiger partial charge in [-0.05, 0) is 14.1 Å². The first-order valence-electron chi connectivity index (χ1n) is 1.00. The summed E-state index contributed by atoms with van der Waals surface area (Å²) in [5.74, 6) is 0. The Morgan fingerprint density at radius 2 is 1.25 bits per heavy atom. The van der Waals surface area contributed by atoms with Crippen LogP contribution < -0.4 is 5.32 Å². The predicted octanol–water partition coefficient (Wildman–Crippen LogP) is -0.545. The van der Waals surface area contributed by atoms with E-state index in [1.54, 1.807) is 0 Å². The third kappa shape index (κ3) is 9.51. The van der Waals surface area contributed by atoms with Gasteiger partial charge in [-0.3, -0.25) is 0 Å². The molecule has 1 nitrogen and oxygen atoms in total. The molecule has 0 atom stereocenters. The van der Waals surface area contributed by atoms with Gasteiger partial charge in [0.2, 0.25) is 0 Å². The van der Waals surface area contributed by atoms with E-state index >= 15 is 0 Å². The van der Waals surface area contributed by atoms with E-state index in [9.17, 15) is 0 Å². The minimum absolute atomic E-state index is 0. The maximum absolute atomic E-state index is 2.75. The van der Waals surface area contributed by atoms with Crippen molar-refractivity contribution in [2.45, 2.75) is 0 Å². The Morgan fingerprint density at radius 1 is 1.25 bits per heavy atom. The van der Waals surface area contributed by atoms with Crippen molar-refractivity contribution >= 4 is 51.4 Å². The first-order valence-corrected chi connectivity index (χ1v) is 1.00. The van der Waals surface area contributed by atoms with Crippen LogP contribution in [0, 0.1) is 0 Å². The van der Waals surface area contributed by atoms with Crippen molar-refractivity contribution in [2.24, 2.45) is 0 Å². The van der Waals surface area contributed by atoms with E-state index in [1.807, 2.05) is 14.1 Å². The van der Waals surface area contributed by atoms with Crippen LogP contribution >= 0.6 is 0 Å². The molecular formula is C2H7KN. The molecule has 2 heteroatoms. The summed E-state index contributed by atoms with van der Waals surface area (Å²) in [6, 6.07) is 0. The Kier molecular flexibility index (Phi) is 20.2. The third-order valence-electron chi connectivity index (χ3n) is 0. The van der Waals surface area contributed by atoms with E-state index in [-0.39, 0.29) is 51.4 Å². The van der Waals surface area contributed by atoms with Gasteiger partial charge in [-0.1, -0.05) is 0 Å². The summed E-state index contributed by atoms with van der Waals surface area (Å²) in [6.45, 7) is 0. The Bertz CT molecular complexity index is 6.00. The van der Waals surface area contributed by atoms with Gasteiger partial charge in [0.15, 0.2) is 0 Å². The number of hydrogen-bond donors (Lipinski definition) is 1. The van der Waals surface area contributed by atoms with Gasteiger partial charge in [0.1, 0.15) is 0 Å². The van der Waals surface area contributed by atoms with E-state index in [1.165, 1.54) is 0 Å². The van der Waals surface area contributed by atoms with Gasteiger partial charge < -0.3 is 5.32 Å². The van der Waals surface area contributed by atoms with Crippen molar-refractivity contribution in [1.29, 1.82) is 0 Å². The van der Waals surface area contributed by atoms with E-state index in [0.29, 0.717) is 0 Å². The maximum atomic E-state index is 2.75. The van der Waals surface area contributed by atoms with Gasteiger partial charge in [-0.25, -0.2) is 0 Å². The molecule has 0 aliphatic heterocycles. The standard InChI is InChI=1S/C2H7N.K/c1-3-2;/h3H,1-2H3;. The molecule has 21 valence electrons. The molecule has 0 rings (SSSR count). The number of rotatable bonds is 0. The van der Waals surface area contributed by atoms with E-state index < -0.39 is 0 Å². The van der Waals surface area contributed by atoms with Crippen LogP contribution in [0.5, 0.6) is 0 Å². The minimum atomic E-state index is 0. The number of hydrogen-bond acceptors (Lipinski definition) is 1. The molecule has 0 aliphatic rings. The summed E-state index contributed by atoms with van der Waals surface area (Å²) in [4.78, 5) is 0. The van der Waals surface area contributed by atoms with Crippen LogP contribution in [0.2, 0.25) is 0 Å². The summed E-state index contributed by atoms with van der Waals surface area (Å²) in [5.41, 5.74) is 0. The zero-order valence-corrected chi connectivity index (χ0v) is 6.62. The molecule has 0 unspecified atom stereocenters. The molecule has 0 spiro atoms. The average Bonchev–Trinajstić information content (AvgIpc) is 0.918. The summed E-state index contributed by atoms with van der Waals surface area (Å²) >= 11 is 0. The molecule has 1 radical (unpaired) electrons. The first-order chi connectivity index (χ1) is 1.41. The third-order valence-corrected chi connectivity index (χ3v) is 0. The van der Waals surface area contributed by atoms with Crippen molar-refractivity contribution in [3.05, 3.63) is 0 Å². The zero-order chi connectivity index (χ0) is 2.71. The average molecular weight is 84.2 g/mol. The van der Waals surface area contributed by atoms with Gasteiger partial charge in [-0.15, -0.1) is 0 Å². The molecule has 4 heavy (non-hydrogen) atoms. The molecular weight excluding hydrogens is 77.1 g/mol. The van der Waals surface area contributed by atoms with E-state index in [4.69, 9.17) is 0 Å². The van der Waals surface area contributed by atoms with Gasteiger partial charge in [0.25, 0.3) is 0 Å². The monoisotopic (exact) mass is 84.0 g/mol. The van der Waals surface area contributed by atoms with E-state index in [2.05, 4.69) is 5.32 Å². The van der Waals surface area contributed by atoms with Gasteiger partial charge >= 0.3 is 0 Å². The van der Waals surface area contributed by atoms with Crippen LogP contribution in [0.4, 0.5) is 0 Å². The fourth-order valence-corrected chi connectivity index (χ4v) is 0. The van der Waals surface area contributed by atoms with Crippen molar-refractivity contribution < 1.29 is 0 Å². The van der Waals surface area contributed by atoms with Crippen LogP contribution in [0.1, 0.15) is 0 Å². The van der Waals surface area contributed by atoms with Gasteiger partial charge in [0, 0.05) is 51.4 Å². The molecule has 0 saturated carbocycles. The predicted molar refractivity (Wildman–Crippen MR) is 20.7 cm³/mol. The van der Waals surface area contributed by atoms with Crippen LogP contribution in [0.15, 0.2) is 0 Å². The molecule has 0 aliphatic carbocycles. The second kappa shape index (κ2) is 8.82. The molecule has 0 aromatic heterocycles.